The molecule has 2 heterocycles. The number of aromatic nitrogens is 1. The van der Waals surface area contributed by atoms with Crippen molar-refractivity contribution in [3.05, 3.63) is 35.9 Å². The van der Waals surface area contributed by atoms with Gasteiger partial charge < -0.3 is 4.90 Å². The number of anilines is 1. The Morgan fingerprint density at radius 3 is 2.81 bits per heavy atom. The molecule has 1 aliphatic heterocycles. The number of pyridine rings is 1. The van der Waals surface area contributed by atoms with E-state index in [2.05, 4.69) is 69.9 Å². The molecule has 0 bridgehead atoms. The van der Waals surface area contributed by atoms with Gasteiger partial charge in [0, 0.05) is 42.0 Å². The Bertz CT molecular complexity index is 628. The molecule has 0 amide bonds. The molecule has 0 saturated carbocycles. The molecule has 4 heteroatoms. The molecule has 0 radical (unpaired) electrons. The lowest BCUT2D eigenvalue weighted by molar-refractivity contribution is 0.199. The molecule has 0 spiro atoms. The average Bonchev–Trinajstić information content (AvgIpc) is 2.53. The van der Waals surface area contributed by atoms with E-state index in [0.29, 0.717) is 6.04 Å². The first kappa shape index (κ1) is 14.8. The minimum atomic E-state index is 0.584. The van der Waals surface area contributed by atoms with Crippen LogP contribution in [0.4, 0.5) is 5.82 Å². The van der Waals surface area contributed by atoms with Crippen LogP contribution in [0.25, 0.3) is 10.9 Å². The third-order valence-corrected chi connectivity index (χ3v) is 5.00. The number of likely N-dealkylation sites (N-methyl/N-ethyl adjacent to an activating group) is 1. The van der Waals surface area contributed by atoms with Crippen molar-refractivity contribution in [3.8, 4) is 0 Å². The lowest BCUT2D eigenvalue weighted by Crippen LogP contribution is -2.52. The van der Waals surface area contributed by atoms with Crippen molar-refractivity contribution in [2.24, 2.45) is 0 Å². The van der Waals surface area contributed by atoms with Gasteiger partial charge in [0.2, 0.25) is 0 Å². The number of hydrogen-bond acceptors (Lipinski definition) is 3. The van der Waals surface area contributed by atoms with Gasteiger partial charge in [-0.25, -0.2) is 4.98 Å². The third-order valence-electron chi connectivity index (χ3n) is 4.39. The van der Waals surface area contributed by atoms with Gasteiger partial charge >= 0.3 is 0 Å². The SMILES string of the molecule is CCN1CCN(c2nc3ccccc3cc2CBr)CC1C. The zero-order valence-corrected chi connectivity index (χ0v) is 14.3. The zero-order chi connectivity index (χ0) is 14.8. The molecule has 3 rings (SSSR count). The highest BCUT2D eigenvalue weighted by Gasteiger charge is 2.24. The summed E-state index contributed by atoms with van der Waals surface area (Å²) < 4.78 is 0. The summed E-state index contributed by atoms with van der Waals surface area (Å²) in [5, 5.41) is 2.07. The van der Waals surface area contributed by atoms with Crippen LogP contribution in [0.5, 0.6) is 0 Å². The van der Waals surface area contributed by atoms with Gasteiger partial charge in [-0.3, -0.25) is 4.90 Å². The number of alkyl halides is 1. The predicted octanol–water partition coefficient (Wildman–Crippen LogP) is 3.66. The van der Waals surface area contributed by atoms with Crippen molar-refractivity contribution in [1.82, 2.24) is 9.88 Å². The maximum absolute atomic E-state index is 4.93. The van der Waals surface area contributed by atoms with E-state index in [1.165, 1.54) is 10.9 Å². The van der Waals surface area contributed by atoms with E-state index in [0.717, 1.165) is 42.8 Å². The second-order valence-corrected chi connectivity index (χ2v) is 6.28. The van der Waals surface area contributed by atoms with E-state index in [4.69, 9.17) is 4.98 Å². The van der Waals surface area contributed by atoms with Crippen molar-refractivity contribution in [3.63, 3.8) is 0 Å². The number of para-hydroxylation sites is 1. The normalized spacial score (nSPS) is 20.1. The number of nitrogens with zero attached hydrogens (tertiary/aromatic N) is 3. The van der Waals surface area contributed by atoms with Crippen molar-refractivity contribution in [1.29, 1.82) is 0 Å². The van der Waals surface area contributed by atoms with Gasteiger partial charge in [-0.2, -0.15) is 0 Å². The summed E-state index contributed by atoms with van der Waals surface area (Å²) in [7, 11) is 0. The number of fused-ring (bicyclic) bond motifs is 1. The van der Waals surface area contributed by atoms with Crippen LogP contribution < -0.4 is 4.90 Å². The van der Waals surface area contributed by atoms with Crippen molar-refractivity contribution < 1.29 is 0 Å². The Hall–Kier alpha value is -1.13. The van der Waals surface area contributed by atoms with Gasteiger partial charge in [-0.15, -0.1) is 0 Å². The van der Waals surface area contributed by atoms with Gasteiger partial charge in [0.25, 0.3) is 0 Å². The van der Waals surface area contributed by atoms with Crippen LogP contribution in [0.2, 0.25) is 0 Å². The predicted molar refractivity (Wildman–Crippen MR) is 93.3 cm³/mol. The Morgan fingerprint density at radius 1 is 1.29 bits per heavy atom. The fraction of sp³-hybridized carbons (Fsp3) is 0.471. The van der Waals surface area contributed by atoms with E-state index >= 15 is 0 Å². The first-order valence-electron chi connectivity index (χ1n) is 7.66. The van der Waals surface area contributed by atoms with E-state index in [-0.39, 0.29) is 0 Å². The molecule has 112 valence electrons. The lowest BCUT2D eigenvalue weighted by Gasteiger charge is -2.40. The van der Waals surface area contributed by atoms with E-state index in [1.807, 2.05) is 0 Å². The summed E-state index contributed by atoms with van der Waals surface area (Å²) in [6, 6.07) is 11.2. The maximum Gasteiger partial charge on any atom is 0.133 e. The number of hydrogen-bond donors (Lipinski definition) is 0. The highest BCUT2D eigenvalue weighted by atomic mass is 79.9. The van der Waals surface area contributed by atoms with Gasteiger partial charge in [0.1, 0.15) is 5.82 Å². The molecule has 1 aliphatic rings. The lowest BCUT2D eigenvalue weighted by atomic mass is 10.1. The quantitative estimate of drug-likeness (QED) is 0.789. The summed E-state index contributed by atoms with van der Waals surface area (Å²) in [6.45, 7) is 8.91. The molecule has 21 heavy (non-hydrogen) atoms. The molecular formula is C17H22BrN3. The standard InChI is InChI=1S/C17H22BrN3/c1-3-20-8-9-21(12-13(20)2)17-15(11-18)10-14-6-4-5-7-16(14)19-17/h4-7,10,13H,3,8-9,11-12H2,1-2H3. The smallest absolute Gasteiger partial charge is 0.133 e. The van der Waals surface area contributed by atoms with Gasteiger partial charge in [0.05, 0.1) is 5.52 Å². The Balaban J connectivity index is 1.96. The Morgan fingerprint density at radius 2 is 2.10 bits per heavy atom. The zero-order valence-electron chi connectivity index (χ0n) is 12.7. The monoisotopic (exact) mass is 347 g/mol. The first-order chi connectivity index (χ1) is 10.2. The topological polar surface area (TPSA) is 19.4 Å². The van der Waals surface area contributed by atoms with Gasteiger partial charge in [-0.1, -0.05) is 41.1 Å². The van der Waals surface area contributed by atoms with Crippen LogP contribution in [-0.4, -0.2) is 42.1 Å². The molecular weight excluding hydrogens is 326 g/mol. The molecule has 1 aromatic carbocycles. The number of piperazine rings is 1. The van der Waals surface area contributed by atoms with Crippen LogP contribution in [0.3, 0.4) is 0 Å². The molecule has 0 N–H and O–H groups in total. The van der Waals surface area contributed by atoms with Crippen LogP contribution in [0.15, 0.2) is 30.3 Å². The van der Waals surface area contributed by atoms with E-state index in [1.54, 1.807) is 0 Å². The number of benzene rings is 1. The third kappa shape index (κ3) is 2.92. The molecule has 3 nitrogen and oxygen atoms in total. The van der Waals surface area contributed by atoms with E-state index in [9.17, 15) is 0 Å². The molecule has 1 atom stereocenters. The van der Waals surface area contributed by atoms with Gasteiger partial charge in [0.15, 0.2) is 0 Å². The average molecular weight is 348 g/mol. The highest BCUT2D eigenvalue weighted by Crippen LogP contribution is 2.27. The van der Waals surface area contributed by atoms with Crippen molar-refractivity contribution in [2.45, 2.75) is 25.2 Å². The molecule has 0 aliphatic carbocycles. The minimum absolute atomic E-state index is 0.584. The Labute approximate surface area is 135 Å². The highest BCUT2D eigenvalue weighted by molar-refractivity contribution is 9.08. The molecule has 2 aromatic rings. The van der Waals surface area contributed by atoms with Crippen molar-refractivity contribution >= 4 is 32.7 Å². The van der Waals surface area contributed by atoms with Crippen LogP contribution in [0, 0.1) is 0 Å². The van der Waals surface area contributed by atoms with Gasteiger partial charge in [-0.05, 0) is 25.6 Å². The fourth-order valence-electron chi connectivity index (χ4n) is 3.18. The summed E-state index contributed by atoms with van der Waals surface area (Å²) in [4.78, 5) is 9.91. The molecule has 1 aromatic heterocycles. The molecule has 1 fully saturated rings. The second kappa shape index (κ2) is 6.32. The Kier molecular flexibility index (Phi) is 4.45. The molecule has 1 saturated heterocycles. The second-order valence-electron chi connectivity index (χ2n) is 5.72. The fourth-order valence-corrected chi connectivity index (χ4v) is 3.59. The summed E-state index contributed by atoms with van der Waals surface area (Å²) in [6.07, 6.45) is 0. The molecule has 1 unspecified atom stereocenters. The largest absolute Gasteiger partial charge is 0.354 e. The van der Waals surface area contributed by atoms with E-state index < -0.39 is 0 Å². The first-order valence-corrected chi connectivity index (χ1v) is 8.78. The summed E-state index contributed by atoms with van der Waals surface area (Å²) in [5.74, 6) is 1.15. The summed E-state index contributed by atoms with van der Waals surface area (Å²) in [5.41, 5.74) is 2.37. The maximum atomic E-state index is 4.93. The minimum Gasteiger partial charge on any atom is -0.354 e. The van der Waals surface area contributed by atoms with Crippen LogP contribution in [0.1, 0.15) is 19.4 Å². The van der Waals surface area contributed by atoms with Crippen LogP contribution >= 0.6 is 15.9 Å². The summed E-state index contributed by atoms with van der Waals surface area (Å²) >= 11 is 3.62. The van der Waals surface area contributed by atoms with Crippen molar-refractivity contribution in [2.75, 3.05) is 31.1 Å². The number of rotatable bonds is 3. The number of halogens is 1. The van der Waals surface area contributed by atoms with Crippen LogP contribution in [-0.2, 0) is 5.33 Å².